The van der Waals surface area contributed by atoms with E-state index in [9.17, 15) is 4.79 Å². The number of rotatable bonds is 7. The van der Waals surface area contributed by atoms with Crippen LogP contribution in [0.1, 0.15) is 37.7 Å². The normalized spacial score (nSPS) is 12.1. The molecule has 0 aliphatic rings. The van der Waals surface area contributed by atoms with Crippen LogP contribution >= 0.6 is 11.8 Å². The van der Waals surface area contributed by atoms with Crippen molar-refractivity contribution >= 4 is 17.7 Å². The molecule has 1 aromatic carbocycles. The highest BCUT2D eigenvalue weighted by Gasteiger charge is 2.18. The third-order valence-electron chi connectivity index (χ3n) is 3.45. The van der Waals surface area contributed by atoms with E-state index in [4.69, 9.17) is 0 Å². The van der Waals surface area contributed by atoms with Gasteiger partial charge in [0.1, 0.15) is 12.2 Å². The quantitative estimate of drug-likeness (QED) is 0.797. The first-order valence-electron chi connectivity index (χ1n) is 7.51. The van der Waals surface area contributed by atoms with Crippen molar-refractivity contribution in [3.05, 3.63) is 42.0 Å². The zero-order valence-corrected chi connectivity index (χ0v) is 14.1. The van der Waals surface area contributed by atoms with Crippen molar-refractivity contribution < 1.29 is 4.79 Å². The molecule has 0 fully saturated rings. The number of hydrogen-bond acceptors (Lipinski definition) is 4. The van der Waals surface area contributed by atoms with Gasteiger partial charge < -0.3 is 5.32 Å². The molecule has 0 aliphatic heterocycles. The van der Waals surface area contributed by atoms with Gasteiger partial charge >= 0.3 is 0 Å². The van der Waals surface area contributed by atoms with Gasteiger partial charge in [0.25, 0.3) is 0 Å². The van der Waals surface area contributed by atoms with E-state index in [1.54, 1.807) is 11.8 Å². The van der Waals surface area contributed by atoms with Crippen molar-refractivity contribution in [2.45, 2.75) is 44.7 Å². The van der Waals surface area contributed by atoms with Gasteiger partial charge in [0.15, 0.2) is 0 Å². The molecular weight excluding hydrogens is 296 g/mol. The standard InChI is InChI=1S/C16H22N4OS/c1-4-13(16-17-11-18-20(16)5-2)19-15(21)10-22-14-9-7-6-8-12(14)3/h6-9,11,13H,4-5,10H2,1-3H3,(H,19,21)/t13-/m0/s1. The second-order valence-electron chi connectivity index (χ2n) is 5.02. The summed E-state index contributed by atoms with van der Waals surface area (Å²) < 4.78 is 1.82. The van der Waals surface area contributed by atoms with Gasteiger partial charge in [-0.1, -0.05) is 25.1 Å². The fourth-order valence-electron chi connectivity index (χ4n) is 2.23. The molecule has 1 heterocycles. The number of amides is 1. The highest BCUT2D eigenvalue weighted by Crippen LogP contribution is 2.22. The Morgan fingerprint density at radius 3 is 2.82 bits per heavy atom. The molecule has 6 heteroatoms. The molecule has 0 aliphatic carbocycles. The Labute approximate surface area is 135 Å². The molecule has 1 aromatic heterocycles. The summed E-state index contributed by atoms with van der Waals surface area (Å²) in [5.74, 6) is 1.24. The Kier molecular flexibility index (Phi) is 6.00. The van der Waals surface area contributed by atoms with Crippen LogP contribution < -0.4 is 5.32 Å². The SMILES string of the molecule is CC[C@H](NC(=O)CSc1ccccc1C)c1ncnn1CC. The van der Waals surface area contributed by atoms with Gasteiger partial charge in [-0.2, -0.15) is 5.10 Å². The third kappa shape index (κ3) is 4.10. The molecule has 0 spiro atoms. The molecule has 0 saturated carbocycles. The fraction of sp³-hybridized carbons (Fsp3) is 0.438. The number of nitrogens with one attached hydrogen (secondary N) is 1. The van der Waals surface area contributed by atoms with E-state index in [0.29, 0.717) is 5.75 Å². The average Bonchev–Trinajstić information content (AvgIpc) is 3.00. The predicted molar refractivity (Wildman–Crippen MR) is 88.8 cm³/mol. The third-order valence-corrected chi connectivity index (χ3v) is 4.63. The van der Waals surface area contributed by atoms with Crippen molar-refractivity contribution in [1.82, 2.24) is 20.1 Å². The van der Waals surface area contributed by atoms with E-state index in [1.807, 2.05) is 36.7 Å². The lowest BCUT2D eigenvalue weighted by Gasteiger charge is -2.17. The zero-order chi connectivity index (χ0) is 15.9. The maximum Gasteiger partial charge on any atom is 0.230 e. The molecule has 5 nitrogen and oxygen atoms in total. The number of nitrogens with zero attached hydrogens (tertiary/aromatic N) is 3. The minimum atomic E-state index is -0.0904. The summed E-state index contributed by atoms with van der Waals surface area (Å²) in [7, 11) is 0. The number of aromatic nitrogens is 3. The first-order valence-corrected chi connectivity index (χ1v) is 8.49. The van der Waals surface area contributed by atoms with Gasteiger partial charge in [-0.25, -0.2) is 9.67 Å². The van der Waals surface area contributed by atoms with E-state index in [2.05, 4.69) is 28.4 Å². The van der Waals surface area contributed by atoms with Crippen molar-refractivity contribution in [2.24, 2.45) is 0 Å². The molecule has 0 saturated heterocycles. The molecule has 118 valence electrons. The monoisotopic (exact) mass is 318 g/mol. The number of benzene rings is 1. The Morgan fingerprint density at radius 2 is 2.14 bits per heavy atom. The lowest BCUT2D eigenvalue weighted by Crippen LogP contribution is -2.31. The van der Waals surface area contributed by atoms with Crippen LogP contribution in [0.4, 0.5) is 0 Å². The largest absolute Gasteiger partial charge is 0.345 e. The smallest absolute Gasteiger partial charge is 0.230 e. The van der Waals surface area contributed by atoms with E-state index in [-0.39, 0.29) is 11.9 Å². The number of carbonyl (C=O) groups excluding carboxylic acids is 1. The minimum absolute atomic E-state index is 0.0192. The zero-order valence-electron chi connectivity index (χ0n) is 13.2. The van der Waals surface area contributed by atoms with Crippen LogP contribution in [-0.2, 0) is 11.3 Å². The average molecular weight is 318 g/mol. The molecule has 22 heavy (non-hydrogen) atoms. The van der Waals surface area contributed by atoms with Gasteiger partial charge in [0.2, 0.25) is 5.91 Å². The summed E-state index contributed by atoms with van der Waals surface area (Å²) in [6.45, 7) is 6.85. The number of aryl methyl sites for hydroxylation is 2. The lowest BCUT2D eigenvalue weighted by molar-refractivity contribution is -0.119. The molecule has 0 bridgehead atoms. The summed E-state index contributed by atoms with van der Waals surface area (Å²) in [4.78, 5) is 17.6. The Bertz CT molecular complexity index is 626. The minimum Gasteiger partial charge on any atom is -0.345 e. The summed E-state index contributed by atoms with van der Waals surface area (Å²) >= 11 is 1.56. The van der Waals surface area contributed by atoms with Crippen LogP contribution in [0.2, 0.25) is 0 Å². The van der Waals surface area contributed by atoms with Gasteiger partial charge in [0, 0.05) is 11.4 Å². The molecule has 0 radical (unpaired) electrons. The maximum atomic E-state index is 12.2. The Morgan fingerprint density at radius 1 is 1.36 bits per heavy atom. The van der Waals surface area contributed by atoms with Gasteiger partial charge in [-0.05, 0) is 31.9 Å². The van der Waals surface area contributed by atoms with E-state index in [0.717, 1.165) is 23.7 Å². The fourth-order valence-corrected chi connectivity index (χ4v) is 3.07. The summed E-state index contributed by atoms with van der Waals surface area (Å²) in [5.41, 5.74) is 1.19. The molecule has 1 amide bonds. The summed E-state index contributed by atoms with van der Waals surface area (Å²) in [5, 5.41) is 7.22. The second kappa shape index (κ2) is 7.98. The number of carbonyl (C=O) groups is 1. The van der Waals surface area contributed by atoms with E-state index >= 15 is 0 Å². The van der Waals surface area contributed by atoms with Crippen molar-refractivity contribution in [3.8, 4) is 0 Å². The second-order valence-corrected chi connectivity index (χ2v) is 6.03. The van der Waals surface area contributed by atoms with Gasteiger partial charge in [-0.3, -0.25) is 4.79 Å². The first kappa shape index (κ1) is 16.5. The highest BCUT2D eigenvalue weighted by molar-refractivity contribution is 8.00. The van der Waals surface area contributed by atoms with E-state index in [1.165, 1.54) is 11.9 Å². The molecule has 1 atom stereocenters. The van der Waals surface area contributed by atoms with Crippen molar-refractivity contribution in [3.63, 3.8) is 0 Å². The molecule has 1 N–H and O–H groups in total. The van der Waals surface area contributed by atoms with Crippen LogP contribution in [0.25, 0.3) is 0 Å². The molecular formula is C16H22N4OS. The summed E-state index contributed by atoms with van der Waals surface area (Å²) in [6.07, 6.45) is 2.33. The van der Waals surface area contributed by atoms with Gasteiger partial charge in [0.05, 0.1) is 11.8 Å². The lowest BCUT2D eigenvalue weighted by atomic mass is 10.2. The molecule has 2 aromatic rings. The predicted octanol–water partition coefficient (Wildman–Crippen LogP) is 2.97. The summed E-state index contributed by atoms with van der Waals surface area (Å²) in [6, 6.07) is 8.00. The Hall–Kier alpha value is -1.82. The molecule has 0 unspecified atom stereocenters. The van der Waals surface area contributed by atoms with Crippen molar-refractivity contribution in [1.29, 1.82) is 0 Å². The Balaban J connectivity index is 1.94. The van der Waals surface area contributed by atoms with Crippen molar-refractivity contribution in [2.75, 3.05) is 5.75 Å². The van der Waals surface area contributed by atoms with Crippen LogP contribution in [0, 0.1) is 6.92 Å². The number of hydrogen-bond donors (Lipinski definition) is 1. The van der Waals surface area contributed by atoms with Gasteiger partial charge in [-0.15, -0.1) is 11.8 Å². The topological polar surface area (TPSA) is 59.8 Å². The van der Waals surface area contributed by atoms with Crippen LogP contribution in [0.5, 0.6) is 0 Å². The highest BCUT2D eigenvalue weighted by atomic mass is 32.2. The first-order chi connectivity index (χ1) is 10.7. The van der Waals surface area contributed by atoms with Crippen LogP contribution in [0.3, 0.4) is 0 Å². The maximum absolute atomic E-state index is 12.2. The molecule has 2 rings (SSSR count). The van der Waals surface area contributed by atoms with E-state index < -0.39 is 0 Å². The number of thioether (sulfide) groups is 1. The van der Waals surface area contributed by atoms with Crippen LogP contribution in [-0.4, -0.2) is 26.4 Å². The van der Waals surface area contributed by atoms with Crippen LogP contribution in [0.15, 0.2) is 35.5 Å².